The van der Waals surface area contributed by atoms with Crippen LogP contribution in [0.4, 0.5) is 0 Å². The van der Waals surface area contributed by atoms with Crippen molar-refractivity contribution in [1.82, 2.24) is 15.8 Å². The van der Waals surface area contributed by atoms with E-state index in [2.05, 4.69) is 26.8 Å². The number of ether oxygens (including phenoxy) is 1. The van der Waals surface area contributed by atoms with Crippen molar-refractivity contribution in [2.75, 3.05) is 13.1 Å². The topological polar surface area (TPSA) is 87.7 Å². The molecule has 25 heavy (non-hydrogen) atoms. The number of hydrazine groups is 1. The molecule has 2 atom stereocenters. The third kappa shape index (κ3) is 5.74. The second-order valence-corrected chi connectivity index (χ2v) is 6.92. The van der Waals surface area contributed by atoms with E-state index >= 15 is 0 Å². The Morgan fingerprint density at radius 3 is 2.76 bits per heavy atom. The van der Waals surface area contributed by atoms with Gasteiger partial charge in [-0.15, -0.1) is 0 Å². The molecule has 0 bridgehead atoms. The molecular formula is C17H22BrN3O4. The van der Waals surface area contributed by atoms with E-state index in [-0.39, 0.29) is 17.7 Å². The summed E-state index contributed by atoms with van der Waals surface area (Å²) in [5.41, 5.74) is 4.80. The third-order valence-corrected chi connectivity index (χ3v) is 4.52. The minimum absolute atomic E-state index is 0.0439. The summed E-state index contributed by atoms with van der Waals surface area (Å²) in [7, 11) is 0. The van der Waals surface area contributed by atoms with Crippen LogP contribution in [-0.2, 0) is 14.4 Å². The summed E-state index contributed by atoms with van der Waals surface area (Å²) >= 11 is 3.33. The zero-order chi connectivity index (χ0) is 18.4. The molecule has 1 aromatic rings. The molecule has 0 radical (unpaired) electrons. The van der Waals surface area contributed by atoms with E-state index < -0.39 is 12.0 Å². The van der Waals surface area contributed by atoms with Crippen molar-refractivity contribution in [3.63, 3.8) is 0 Å². The van der Waals surface area contributed by atoms with E-state index in [1.807, 2.05) is 6.07 Å². The molecule has 0 unspecified atom stereocenters. The Hall–Kier alpha value is -2.09. The molecule has 1 heterocycles. The second kappa shape index (κ2) is 8.84. The number of carbonyl (C=O) groups excluding carboxylic acids is 3. The standard InChI is InChI=1S/C17H22BrN3O4/c1-11(25-15-7-3-6-14(18)9-15)16(23)19-20-17(24)13-5-4-8-21(10-13)12(2)22/h3,6-7,9,11,13H,4-5,8,10H2,1-2H3,(H,19,23)(H,20,24)/t11-,13+/m0/s1. The summed E-state index contributed by atoms with van der Waals surface area (Å²) in [6.07, 6.45) is 0.693. The zero-order valence-corrected chi connectivity index (χ0v) is 15.8. The fraction of sp³-hybridized carbons (Fsp3) is 0.471. The monoisotopic (exact) mass is 411 g/mol. The number of hydrogen-bond acceptors (Lipinski definition) is 4. The van der Waals surface area contributed by atoms with Crippen LogP contribution >= 0.6 is 15.9 Å². The molecule has 1 aliphatic rings. The maximum Gasteiger partial charge on any atom is 0.279 e. The van der Waals surface area contributed by atoms with Crippen molar-refractivity contribution in [2.45, 2.75) is 32.8 Å². The number of nitrogens with one attached hydrogen (secondary N) is 2. The lowest BCUT2D eigenvalue weighted by molar-refractivity contribution is -0.137. The Kier molecular flexibility index (Phi) is 6.81. The van der Waals surface area contributed by atoms with Gasteiger partial charge in [0.25, 0.3) is 5.91 Å². The second-order valence-electron chi connectivity index (χ2n) is 6.00. The van der Waals surface area contributed by atoms with Crippen molar-refractivity contribution in [2.24, 2.45) is 5.92 Å². The summed E-state index contributed by atoms with van der Waals surface area (Å²) in [6, 6.07) is 7.15. The van der Waals surface area contributed by atoms with Gasteiger partial charge in [-0.2, -0.15) is 0 Å². The lowest BCUT2D eigenvalue weighted by Crippen LogP contribution is -2.52. The molecular weight excluding hydrogens is 390 g/mol. The van der Waals surface area contributed by atoms with Gasteiger partial charge in [0.1, 0.15) is 5.75 Å². The molecule has 0 aromatic heterocycles. The Morgan fingerprint density at radius 2 is 2.08 bits per heavy atom. The number of carbonyl (C=O) groups is 3. The maximum atomic E-state index is 12.2. The van der Waals surface area contributed by atoms with Crippen molar-refractivity contribution >= 4 is 33.7 Å². The largest absolute Gasteiger partial charge is 0.481 e. The number of rotatable bonds is 4. The Morgan fingerprint density at radius 1 is 1.32 bits per heavy atom. The molecule has 1 fully saturated rings. The number of likely N-dealkylation sites (tertiary alicyclic amines) is 1. The molecule has 7 nitrogen and oxygen atoms in total. The van der Waals surface area contributed by atoms with Gasteiger partial charge >= 0.3 is 0 Å². The fourth-order valence-electron chi connectivity index (χ4n) is 2.60. The van der Waals surface area contributed by atoms with Crippen LogP contribution in [0.2, 0.25) is 0 Å². The number of hydrogen-bond donors (Lipinski definition) is 2. The van der Waals surface area contributed by atoms with Gasteiger partial charge < -0.3 is 9.64 Å². The molecule has 3 amide bonds. The molecule has 8 heteroatoms. The van der Waals surface area contributed by atoms with E-state index in [1.165, 1.54) is 6.92 Å². The predicted octanol–water partition coefficient (Wildman–Crippen LogP) is 1.62. The maximum absolute atomic E-state index is 12.2. The molecule has 2 rings (SSSR count). The van der Waals surface area contributed by atoms with Crippen LogP contribution in [0.5, 0.6) is 5.75 Å². The number of amides is 3. The zero-order valence-electron chi connectivity index (χ0n) is 14.3. The van der Waals surface area contributed by atoms with Crippen molar-refractivity contribution in [3.05, 3.63) is 28.7 Å². The van der Waals surface area contributed by atoms with E-state index in [0.29, 0.717) is 25.3 Å². The highest BCUT2D eigenvalue weighted by molar-refractivity contribution is 9.10. The normalized spacial score (nSPS) is 18.2. The van der Waals surface area contributed by atoms with Crippen LogP contribution in [0.3, 0.4) is 0 Å². The van der Waals surface area contributed by atoms with Gasteiger partial charge in [-0.1, -0.05) is 22.0 Å². The van der Waals surface area contributed by atoms with Gasteiger partial charge in [0, 0.05) is 24.5 Å². The minimum Gasteiger partial charge on any atom is -0.481 e. The fourth-order valence-corrected chi connectivity index (χ4v) is 2.98. The predicted molar refractivity (Wildman–Crippen MR) is 95.5 cm³/mol. The first-order valence-corrected chi connectivity index (χ1v) is 8.93. The summed E-state index contributed by atoms with van der Waals surface area (Å²) in [6.45, 7) is 4.13. The number of benzene rings is 1. The van der Waals surface area contributed by atoms with Gasteiger partial charge in [0.15, 0.2) is 6.10 Å². The van der Waals surface area contributed by atoms with Crippen molar-refractivity contribution in [1.29, 1.82) is 0 Å². The van der Waals surface area contributed by atoms with Crippen LogP contribution in [-0.4, -0.2) is 41.8 Å². The van der Waals surface area contributed by atoms with Gasteiger partial charge in [-0.3, -0.25) is 25.2 Å². The van der Waals surface area contributed by atoms with E-state index in [9.17, 15) is 14.4 Å². The van der Waals surface area contributed by atoms with Gasteiger partial charge in [0.2, 0.25) is 11.8 Å². The number of halogens is 1. The first kappa shape index (κ1) is 19.2. The quantitative estimate of drug-likeness (QED) is 0.736. The summed E-state index contributed by atoms with van der Waals surface area (Å²) in [5.74, 6) is -0.564. The first-order chi connectivity index (χ1) is 11.9. The van der Waals surface area contributed by atoms with Gasteiger partial charge in [0.05, 0.1) is 5.92 Å². The van der Waals surface area contributed by atoms with E-state index in [0.717, 1.165) is 10.9 Å². The molecule has 0 saturated carbocycles. The molecule has 136 valence electrons. The molecule has 1 saturated heterocycles. The van der Waals surface area contributed by atoms with Crippen LogP contribution in [0.25, 0.3) is 0 Å². The van der Waals surface area contributed by atoms with Gasteiger partial charge in [-0.25, -0.2) is 0 Å². The number of nitrogens with zero attached hydrogens (tertiary/aromatic N) is 1. The molecule has 2 N–H and O–H groups in total. The van der Waals surface area contributed by atoms with E-state index in [4.69, 9.17) is 4.74 Å². The third-order valence-electron chi connectivity index (χ3n) is 4.02. The van der Waals surface area contributed by atoms with Crippen LogP contribution in [0, 0.1) is 5.92 Å². The first-order valence-electron chi connectivity index (χ1n) is 8.14. The molecule has 0 spiro atoms. The molecule has 1 aromatic carbocycles. The highest BCUT2D eigenvalue weighted by Gasteiger charge is 2.27. The van der Waals surface area contributed by atoms with Crippen molar-refractivity contribution in [3.8, 4) is 5.75 Å². The SMILES string of the molecule is CC(=O)N1CCC[C@@H](C(=O)NNC(=O)[C@H](C)Oc2cccc(Br)c2)C1. The minimum atomic E-state index is -0.769. The van der Waals surface area contributed by atoms with Crippen LogP contribution in [0.1, 0.15) is 26.7 Å². The van der Waals surface area contributed by atoms with Crippen LogP contribution < -0.4 is 15.6 Å². The number of piperidine rings is 1. The van der Waals surface area contributed by atoms with Crippen LogP contribution in [0.15, 0.2) is 28.7 Å². The average molecular weight is 412 g/mol. The van der Waals surface area contributed by atoms with E-state index in [1.54, 1.807) is 30.0 Å². The molecule has 0 aliphatic carbocycles. The smallest absolute Gasteiger partial charge is 0.279 e. The summed E-state index contributed by atoms with van der Waals surface area (Å²) in [5, 5.41) is 0. The summed E-state index contributed by atoms with van der Waals surface area (Å²) < 4.78 is 6.38. The lowest BCUT2D eigenvalue weighted by atomic mass is 9.97. The Labute approximate surface area is 155 Å². The van der Waals surface area contributed by atoms with Crippen molar-refractivity contribution < 1.29 is 19.1 Å². The highest BCUT2D eigenvalue weighted by atomic mass is 79.9. The molecule has 1 aliphatic heterocycles. The Balaban J connectivity index is 1.80. The summed E-state index contributed by atoms with van der Waals surface area (Å²) in [4.78, 5) is 37.3. The average Bonchev–Trinajstić information content (AvgIpc) is 2.59. The Bertz CT molecular complexity index is 653. The lowest BCUT2D eigenvalue weighted by Gasteiger charge is -2.31. The van der Waals surface area contributed by atoms with Gasteiger partial charge in [-0.05, 0) is 38.0 Å². The highest BCUT2D eigenvalue weighted by Crippen LogP contribution is 2.19.